The number of benzene rings is 2. The van der Waals surface area contributed by atoms with E-state index in [1.165, 1.54) is 23.5 Å². The molecule has 10 rings (SSSR count). The fourth-order valence-electron chi connectivity index (χ4n) is 7.88. The van der Waals surface area contributed by atoms with E-state index in [2.05, 4.69) is 0 Å². The highest BCUT2D eigenvalue weighted by atomic mass is 32.2. The molecule has 0 bridgehead atoms. The van der Waals surface area contributed by atoms with Gasteiger partial charge in [0.25, 0.3) is 0 Å². The first-order chi connectivity index (χ1) is 24.3. The molecule has 1 saturated carbocycles. The number of halogens is 6. The molecule has 0 nitrogen and oxygen atoms in total. The van der Waals surface area contributed by atoms with Crippen molar-refractivity contribution in [2.45, 2.75) is 50.9 Å². The SMILES string of the molecule is CC12Sc3cc(-c4ccc(-c5cccs5)s4)ccc3C1=C1C(=C3c4ccc(-c5ccc(-c6cccs6)s5)cc4SC32C)C(F)(F)C(F)(F)C1(F)F. The van der Waals surface area contributed by atoms with Gasteiger partial charge < -0.3 is 0 Å². The number of hydrogen-bond donors (Lipinski definition) is 0. The van der Waals surface area contributed by atoms with Crippen molar-refractivity contribution >= 4 is 80.0 Å². The summed E-state index contributed by atoms with van der Waals surface area (Å²) in [5.74, 6) is -15.8. The Labute approximate surface area is 313 Å². The lowest BCUT2D eigenvalue weighted by Gasteiger charge is -2.47. The minimum atomic E-state index is -5.61. The first-order valence-electron chi connectivity index (χ1n) is 15.9. The number of rotatable bonds is 4. The molecule has 4 aromatic heterocycles. The van der Waals surface area contributed by atoms with Gasteiger partial charge in [0, 0.05) is 50.2 Å². The summed E-state index contributed by atoms with van der Waals surface area (Å²) >= 11 is 9.06. The second-order valence-corrected chi connectivity index (χ2v) is 20.2. The summed E-state index contributed by atoms with van der Waals surface area (Å²) in [6, 6.07) is 26.8. The lowest BCUT2D eigenvalue weighted by Crippen LogP contribution is -2.47. The smallest absolute Gasteiger partial charge is 0.194 e. The molecule has 4 aliphatic rings. The van der Waals surface area contributed by atoms with Gasteiger partial charge in [-0.3, -0.25) is 0 Å². The van der Waals surface area contributed by atoms with Crippen molar-refractivity contribution < 1.29 is 26.3 Å². The Balaban J connectivity index is 1.15. The zero-order chi connectivity index (χ0) is 35.3. The molecule has 51 heavy (non-hydrogen) atoms. The Morgan fingerprint density at radius 3 is 1.25 bits per heavy atom. The normalized spacial score (nSPS) is 24.8. The molecule has 0 N–H and O–H groups in total. The van der Waals surface area contributed by atoms with Gasteiger partial charge in [0.2, 0.25) is 0 Å². The van der Waals surface area contributed by atoms with Gasteiger partial charge in [-0.05, 0) is 107 Å². The van der Waals surface area contributed by atoms with Crippen LogP contribution in [0.3, 0.4) is 0 Å². The van der Waals surface area contributed by atoms with Gasteiger partial charge in [0.05, 0.1) is 9.49 Å². The molecule has 0 saturated heterocycles. The standard InChI is InChI=1S/C39H22F6S6/c1-35-31(21-9-7-19(17-29(21)50-35)23-11-13-27(48-23)25-5-3-15-46-25)33-34(38(42,43)39(44,45)37(33,40)41)32-22-10-8-20(18-30(22)51-36(32,35)2)24-12-14-28(49-24)26-6-4-16-47-26/h3-18H,1-2H3. The van der Waals surface area contributed by atoms with Gasteiger partial charge >= 0.3 is 17.8 Å². The highest BCUT2D eigenvalue weighted by Gasteiger charge is 2.84. The predicted octanol–water partition coefficient (Wildman–Crippen LogP) is 14.5. The van der Waals surface area contributed by atoms with Crippen molar-refractivity contribution in [1.82, 2.24) is 0 Å². The van der Waals surface area contributed by atoms with Crippen LogP contribution in [0.2, 0.25) is 0 Å². The number of thioether (sulfide) groups is 2. The van der Waals surface area contributed by atoms with E-state index in [-0.39, 0.29) is 11.1 Å². The Kier molecular flexibility index (Phi) is 6.76. The fraction of sp³-hybridized carbons (Fsp3) is 0.179. The van der Waals surface area contributed by atoms with Crippen molar-refractivity contribution in [3.63, 3.8) is 0 Å². The van der Waals surface area contributed by atoms with E-state index < -0.39 is 38.4 Å². The van der Waals surface area contributed by atoms with Gasteiger partial charge in [-0.1, -0.05) is 36.4 Å². The number of fused-ring (bicyclic) bond motifs is 8. The maximum Gasteiger partial charge on any atom is 0.380 e. The zero-order valence-corrected chi connectivity index (χ0v) is 31.4. The molecule has 2 aliphatic heterocycles. The van der Waals surface area contributed by atoms with Crippen molar-refractivity contribution in [2.24, 2.45) is 0 Å². The lowest BCUT2D eigenvalue weighted by atomic mass is 9.68. The molecule has 2 aliphatic carbocycles. The molecule has 6 heterocycles. The summed E-state index contributed by atoms with van der Waals surface area (Å²) in [6.45, 7) is 3.51. The van der Waals surface area contributed by atoms with Crippen LogP contribution in [-0.2, 0) is 0 Å². The van der Waals surface area contributed by atoms with Crippen molar-refractivity contribution in [2.75, 3.05) is 0 Å². The Morgan fingerprint density at radius 1 is 0.451 bits per heavy atom. The summed E-state index contributed by atoms with van der Waals surface area (Å²) in [5, 5.41) is 4.01. The Hall–Kier alpha value is -3.00. The maximum atomic E-state index is 16.2. The molecule has 256 valence electrons. The second-order valence-electron chi connectivity index (χ2n) is 13.2. The van der Waals surface area contributed by atoms with E-state index in [1.54, 1.807) is 83.5 Å². The van der Waals surface area contributed by atoms with Gasteiger partial charge in [0.1, 0.15) is 0 Å². The molecule has 2 unspecified atom stereocenters. The highest BCUT2D eigenvalue weighted by Crippen LogP contribution is 2.78. The third-order valence-corrected chi connectivity index (χ3v) is 18.2. The van der Waals surface area contributed by atoms with E-state index in [0.717, 1.165) is 40.4 Å². The van der Waals surface area contributed by atoms with Gasteiger partial charge in [-0.2, -0.15) is 26.3 Å². The number of hydrogen-bond acceptors (Lipinski definition) is 6. The van der Waals surface area contributed by atoms with Crippen LogP contribution in [0.25, 0.3) is 51.5 Å². The van der Waals surface area contributed by atoms with Crippen LogP contribution in [0.5, 0.6) is 0 Å². The van der Waals surface area contributed by atoms with Crippen molar-refractivity contribution in [1.29, 1.82) is 0 Å². The van der Waals surface area contributed by atoms with Crippen LogP contribution in [-0.4, -0.2) is 27.3 Å². The van der Waals surface area contributed by atoms with Crippen LogP contribution in [0.15, 0.2) is 117 Å². The third kappa shape index (κ3) is 4.12. The van der Waals surface area contributed by atoms with Gasteiger partial charge in [0.15, 0.2) is 0 Å². The van der Waals surface area contributed by atoms with E-state index in [1.807, 2.05) is 71.4 Å². The zero-order valence-electron chi connectivity index (χ0n) is 26.5. The molecule has 0 spiro atoms. The maximum absolute atomic E-state index is 16.2. The van der Waals surface area contributed by atoms with E-state index in [0.29, 0.717) is 20.9 Å². The number of thiophene rings is 4. The monoisotopic (exact) mass is 796 g/mol. The van der Waals surface area contributed by atoms with E-state index >= 15 is 26.3 Å². The topological polar surface area (TPSA) is 0 Å². The summed E-state index contributed by atoms with van der Waals surface area (Å²) in [4.78, 5) is 7.56. The van der Waals surface area contributed by atoms with Gasteiger partial charge in [-0.25, -0.2) is 0 Å². The minimum Gasteiger partial charge on any atom is -0.194 e. The summed E-state index contributed by atoms with van der Waals surface area (Å²) in [6.07, 6.45) is 0. The average Bonchev–Trinajstić information content (AvgIpc) is 3.94. The van der Waals surface area contributed by atoms with Crippen molar-refractivity contribution in [3.05, 3.63) is 118 Å². The molecule has 0 amide bonds. The molecule has 6 aromatic rings. The van der Waals surface area contributed by atoms with Crippen LogP contribution in [0.1, 0.15) is 25.0 Å². The largest absolute Gasteiger partial charge is 0.380 e. The first-order valence-corrected chi connectivity index (χ1v) is 20.9. The van der Waals surface area contributed by atoms with Crippen LogP contribution >= 0.6 is 68.9 Å². The molecule has 2 aromatic carbocycles. The number of alkyl halides is 6. The molecule has 2 atom stereocenters. The van der Waals surface area contributed by atoms with Crippen LogP contribution in [0, 0.1) is 0 Å². The quantitative estimate of drug-likeness (QED) is 0.163. The van der Waals surface area contributed by atoms with E-state index in [4.69, 9.17) is 0 Å². The Morgan fingerprint density at radius 2 is 0.863 bits per heavy atom. The minimum absolute atomic E-state index is 0.123. The first kappa shape index (κ1) is 32.6. The van der Waals surface area contributed by atoms with E-state index in [9.17, 15) is 0 Å². The van der Waals surface area contributed by atoms with Crippen LogP contribution < -0.4 is 0 Å². The second kappa shape index (κ2) is 10.6. The molecular formula is C39H22F6S6. The predicted molar refractivity (Wildman–Crippen MR) is 203 cm³/mol. The molecule has 0 radical (unpaired) electrons. The van der Waals surface area contributed by atoms with Gasteiger partial charge in [-0.15, -0.1) is 68.9 Å². The highest BCUT2D eigenvalue weighted by molar-refractivity contribution is 8.06. The molecule has 1 fully saturated rings. The summed E-state index contributed by atoms with van der Waals surface area (Å²) < 4.78 is 93.2. The third-order valence-electron chi connectivity index (χ3n) is 10.5. The fourth-order valence-corrected chi connectivity index (χ4v) is 14.8. The lowest BCUT2D eigenvalue weighted by molar-refractivity contribution is -0.257. The van der Waals surface area contributed by atoms with Crippen LogP contribution in [0.4, 0.5) is 26.3 Å². The average molecular weight is 797 g/mol. The molecular weight excluding hydrogens is 775 g/mol. The number of allylic oxidation sites excluding steroid dienone is 2. The van der Waals surface area contributed by atoms with Crippen molar-refractivity contribution in [3.8, 4) is 40.4 Å². The summed E-state index contributed by atoms with van der Waals surface area (Å²) in [7, 11) is 0. The summed E-state index contributed by atoms with van der Waals surface area (Å²) in [5.41, 5.74) is -0.390. The Bertz CT molecular complexity index is 2330. The molecule has 12 heteroatoms.